The zero-order valence-corrected chi connectivity index (χ0v) is 31.2. The third-order valence-corrected chi connectivity index (χ3v) is 10.0. The largest absolute Gasteiger partial charge is 0.497 e. The number of amides is 1. The van der Waals surface area contributed by atoms with Gasteiger partial charge >= 0.3 is 0 Å². The molecule has 0 saturated carbocycles. The molecule has 1 amide bonds. The average molecular weight is 725 g/mol. The fourth-order valence-corrected chi connectivity index (χ4v) is 6.90. The van der Waals surface area contributed by atoms with Gasteiger partial charge in [0.2, 0.25) is 0 Å². The summed E-state index contributed by atoms with van der Waals surface area (Å²) in [5.74, 6) is 2.31. The van der Waals surface area contributed by atoms with Crippen molar-refractivity contribution in [1.82, 2.24) is 9.80 Å². The first-order valence-electron chi connectivity index (χ1n) is 18.1. The second-order valence-electron chi connectivity index (χ2n) is 13.7. The van der Waals surface area contributed by atoms with E-state index in [0.717, 1.165) is 35.2 Å². The van der Waals surface area contributed by atoms with Crippen LogP contribution in [0.1, 0.15) is 62.2 Å². The molecule has 0 N–H and O–H groups in total. The van der Waals surface area contributed by atoms with Crippen LogP contribution >= 0.6 is 0 Å². The quantitative estimate of drug-likeness (QED) is 0.0776. The van der Waals surface area contributed by atoms with E-state index in [4.69, 9.17) is 28.9 Å². The smallest absolute Gasteiger partial charge is 0.260 e. The number of nitrogens with zero attached hydrogens (tertiary/aromatic N) is 4. The van der Waals surface area contributed by atoms with Crippen LogP contribution in [0.25, 0.3) is 11.1 Å². The van der Waals surface area contributed by atoms with Crippen LogP contribution in [0.3, 0.4) is 0 Å². The van der Waals surface area contributed by atoms with E-state index in [1.54, 1.807) is 31.3 Å². The third-order valence-electron chi connectivity index (χ3n) is 10.0. The molecule has 2 atom stereocenters. The molecular formula is C44H44N4O6. The van der Waals surface area contributed by atoms with E-state index in [2.05, 4.69) is 42.3 Å². The highest BCUT2D eigenvalue weighted by molar-refractivity contribution is 6.05. The van der Waals surface area contributed by atoms with Crippen molar-refractivity contribution in [3.63, 3.8) is 0 Å². The molecule has 0 aliphatic carbocycles. The van der Waals surface area contributed by atoms with Crippen molar-refractivity contribution in [3.8, 4) is 23.0 Å². The molecule has 0 radical (unpaired) electrons. The number of aldehydes is 1. The molecule has 3 aliphatic rings. The number of aliphatic imine (C=N–C) groups is 2. The van der Waals surface area contributed by atoms with Crippen LogP contribution in [0.4, 0.5) is 11.4 Å². The normalized spacial score (nSPS) is 17.5. The summed E-state index contributed by atoms with van der Waals surface area (Å²) in [4.78, 5) is 39.1. The fraction of sp³-hybridized carbons (Fsp3) is 0.273. The third kappa shape index (κ3) is 7.64. The molecule has 54 heavy (non-hydrogen) atoms. The first kappa shape index (κ1) is 36.2. The number of carbonyl (C=O) groups is 2. The monoisotopic (exact) mass is 724 g/mol. The molecule has 276 valence electrons. The molecule has 0 bridgehead atoms. The van der Waals surface area contributed by atoms with Crippen LogP contribution in [-0.4, -0.2) is 81.0 Å². The lowest BCUT2D eigenvalue weighted by molar-refractivity contribution is 0.0817. The Balaban J connectivity index is 0.962. The SMILES string of the molecule is COc1ccc(C2=CN3C(=O)c4cc(C)c(OCCCOc5cc(N=CC6CC(c7ccc(C)cc7)=CN6C)c(C=O)cc5OC)cc4N=CC3C2)cc1. The molecule has 4 aromatic rings. The molecule has 0 aromatic heterocycles. The maximum absolute atomic E-state index is 13.7. The number of ether oxygens (including phenoxy) is 4. The van der Waals surface area contributed by atoms with Crippen molar-refractivity contribution in [2.24, 2.45) is 9.98 Å². The van der Waals surface area contributed by atoms with E-state index >= 15 is 0 Å². The van der Waals surface area contributed by atoms with Crippen molar-refractivity contribution in [3.05, 3.63) is 119 Å². The van der Waals surface area contributed by atoms with Crippen molar-refractivity contribution >= 4 is 47.1 Å². The molecular weight excluding hydrogens is 681 g/mol. The van der Waals surface area contributed by atoms with Crippen LogP contribution in [0.2, 0.25) is 0 Å². The molecule has 2 unspecified atom stereocenters. The minimum absolute atomic E-state index is 0.0524. The van der Waals surface area contributed by atoms with Crippen molar-refractivity contribution in [1.29, 1.82) is 0 Å². The number of carbonyl (C=O) groups excluding carboxylic acids is 2. The van der Waals surface area contributed by atoms with Gasteiger partial charge in [0, 0.05) is 62.4 Å². The predicted molar refractivity (Wildman–Crippen MR) is 212 cm³/mol. The summed E-state index contributed by atoms with van der Waals surface area (Å²) in [6.07, 6.45) is 10.6. The summed E-state index contributed by atoms with van der Waals surface area (Å²) in [6, 6.07) is 23.4. The lowest BCUT2D eigenvalue weighted by Gasteiger charge is -2.19. The van der Waals surface area contributed by atoms with Gasteiger partial charge in [-0.25, -0.2) is 0 Å². The Kier molecular flexibility index (Phi) is 10.6. The van der Waals surface area contributed by atoms with Crippen LogP contribution in [-0.2, 0) is 0 Å². The lowest BCUT2D eigenvalue weighted by atomic mass is 10.0. The van der Waals surface area contributed by atoms with Crippen LogP contribution in [0.15, 0.2) is 95.2 Å². The van der Waals surface area contributed by atoms with Crippen LogP contribution < -0.4 is 18.9 Å². The second kappa shape index (κ2) is 15.8. The molecule has 3 heterocycles. The Morgan fingerprint density at radius 1 is 0.833 bits per heavy atom. The molecule has 0 spiro atoms. The van der Waals surface area contributed by atoms with E-state index in [0.29, 0.717) is 65.8 Å². The van der Waals surface area contributed by atoms with Gasteiger partial charge in [-0.3, -0.25) is 19.6 Å². The molecule has 7 rings (SSSR count). The standard InChI is InChI=1S/C44H44N4O6/c1-28-7-9-30(10-8-28)32-18-35(47(3)25-32)23-45-39-21-43(42(52-5)20-34(39)27-49)54-16-6-15-53-41-22-40-38(17-29(41)2)44(50)48-26-33(19-36(48)24-46-40)31-11-13-37(51-4)14-12-31/h7-14,17,20-27,35-36H,6,15-16,18-19H2,1-5H3. The van der Waals surface area contributed by atoms with Gasteiger partial charge in [0.05, 0.1) is 56.5 Å². The second-order valence-corrected chi connectivity index (χ2v) is 13.7. The number of rotatable bonds is 13. The van der Waals surface area contributed by atoms with E-state index in [1.807, 2.05) is 69.0 Å². The Morgan fingerprint density at radius 2 is 1.54 bits per heavy atom. The van der Waals surface area contributed by atoms with E-state index in [1.165, 1.54) is 16.7 Å². The maximum atomic E-state index is 13.7. The molecule has 10 heteroatoms. The zero-order valence-electron chi connectivity index (χ0n) is 31.2. The lowest BCUT2D eigenvalue weighted by Crippen LogP contribution is -2.32. The van der Waals surface area contributed by atoms with Gasteiger partial charge in [-0.15, -0.1) is 0 Å². The zero-order chi connectivity index (χ0) is 37.8. The Hall–Kier alpha value is -6.16. The minimum Gasteiger partial charge on any atom is -0.497 e. The van der Waals surface area contributed by atoms with Gasteiger partial charge in [0.25, 0.3) is 5.91 Å². The Labute approximate surface area is 316 Å². The van der Waals surface area contributed by atoms with E-state index in [-0.39, 0.29) is 18.0 Å². The van der Waals surface area contributed by atoms with Gasteiger partial charge in [0.1, 0.15) is 11.5 Å². The first-order valence-corrected chi connectivity index (χ1v) is 18.1. The van der Waals surface area contributed by atoms with Crippen LogP contribution in [0, 0.1) is 13.8 Å². The number of benzene rings is 4. The highest BCUT2D eigenvalue weighted by atomic mass is 16.5. The number of methoxy groups -OCH3 is 2. The minimum atomic E-state index is -0.161. The van der Waals surface area contributed by atoms with Gasteiger partial charge in [-0.1, -0.05) is 42.0 Å². The van der Waals surface area contributed by atoms with Gasteiger partial charge < -0.3 is 28.7 Å². The molecule has 3 aliphatic heterocycles. The van der Waals surface area contributed by atoms with E-state index < -0.39 is 0 Å². The summed E-state index contributed by atoms with van der Waals surface area (Å²) in [6.45, 7) is 4.73. The van der Waals surface area contributed by atoms with Gasteiger partial charge in [-0.2, -0.15) is 0 Å². The highest BCUT2D eigenvalue weighted by Crippen LogP contribution is 2.38. The fourth-order valence-electron chi connectivity index (χ4n) is 6.90. The Morgan fingerprint density at radius 3 is 2.24 bits per heavy atom. The average Bonchev–Trinajstić information content (AvgIpc) is 3.76. The first-order chi connectivity index (χ1) is 26.2. The predicted octanol–water partition coefficient (Wildman–Crippen LogP) is 8.40. The van der Waals surface area contributed by atoms with E-state index in [9.17, 15) is 9.59 Å². The van der Waals surface area contributed by atoms with Crippen LogP contribution in [0.5, 0.6) is 23.0 Å². The van der Waals surface area contributed by atoms with Crippen molar-refractivity contribution in [2.75, 3.05) is 34.5 Å². The molecule has 0 saturated heterocycles. The summed E-state index contributed by atoms with van der Waals surface area (Å²) < 4.78 is 23.1. The number of fused-ring (bicyclic) bond motifs is 2. The Bertz CT molecular complexity index is 2170. The summed E-state index contributed by atoms with van der Waals surface area (Å²) >= 11 is 0. The highest BCUT2D eigenvalue weighted by Gasteiger charge is 2.33. The summed E-state index contributed by atoms with van der Waals surface area (Å²) in [5.41, 5.74) is 8.70. The summed E-state index contributed by atoms with van der Waals surface area (Å²) in [5, 5.41) is 0. The maximum Gasteiger partial charge on any atom is 0.260 e. The summed E-state index contributed by atoms with van der Waals surface area (Å²) in [7, 11) is 5.22. The molecule has 0 fully saturated rings. The molecule has 4 aromatic carbocycles. The topological polar surface area (TPSA) is 102 Å². The number of hydrogen-bond acceptors (Lipinski definition) is 9. The number of aryl methyl sites for hydroxylation is 2. The van der Waals surface area contributed by atoms with Crippen molar-refractivity contribution in [2.45, 2.75) is 45.2 Å². The van der Waals surface area contributed by atoms with Crippen molar-refractivity contribution < 1.29 is 28.5 Å². The molecule has 10 nitrogen and oxygen atoms in total. The number of hydrogen-bond donors (Lipinski definition) is 0. The van der Waals surface area contributed by atoms with Gasteiger partial charge in [0.15, 0.2) is 17.8 Å². The van der Waals surface area contributed by atoms with Gasteiger partial charge in [-0.05, 0) is 72.4 Å².